The first-order valence-electron chi connectivity index (χ1n) is 3.72. The molecule has 1 heteroatoms. The summed E-state index contributed by atoms with van der Waals surface area (Å²) in [5.74, 6) is 0.722. The zero-order valence-electron chi connectivity index (χ0n) is 6.81. The van der Waals surface area contributed by atoms with Crippen LogP contribution in [-0.4, -0.2) is 6.29 Å². The van der Waals surface area contributed by atoms with Gasteiger partial charge in [0.1, 0.15) is 0 Å². The lowest BCUT2D eigenvalue weighted by molar-refractivity contribution is 0.544. The minimum absolute atomic E-state index is 0.598. The summed E-state index contributed by atoms with van der Waals surface area (Å²) in [6.07, 6.45) is 4.83. The predicted molar refractivity (Wildman–Crippen MR) is 43.5 cm³/mol. The molecule has 0 fully saturated rings. The summed E-state index contributed by atoms with van der Waals surface area (Å²) in [7, 11) is 0. The van der Waals surface area contributed by atoms with Crippen LogP contribution < -0.4 is 0 Å². The van der Waals surface area contributed by atoms with Gasteiger partial charge in [-0.2, -0.15) is 0 Å². The molecule has 0 aromatic carbocycles. The summed E-state index contributed by atoms with van der Waals surface area (Å²) < 4.78 is 0. The van der Waals surface area contributed by atoms with Gasteiger partial charge in [0.2, 0.25) is 6.29 Å². The SMILES string of the molecule is C=C([C]=O)CCCC(C)C. The van der Waals surface area contributed by atoms with Crippen LogP contribution in [0.15, 0.2) is 12.2 Å². The Morgan fingerprint density at radius 1 is 1.60 bits per heavy atom. The Morgan fingerprint density at radius 3 is 2.60 bits per heavy atom. The highest BCUT2D eigenvalue weighted by Gasteiger charge is 1.95. The third kappa shape index (κ3) is 5.54. The van der Waals surface area contributed by atoms with Crippen molar-refractivity contribution in [2.75, 3.05) is 0 Å². The largest absolute Gasteiger partial charge is 0.285 e. The molecule has 0 aliphatic heterocycles. The maximum Gasteiger partial charge on any atom is 0.228 e. The van der Waals surface area contributed by atoms with E-state index in [1.807, 2.05) is 0 Å². The minimum Gasteiger partial charge on any atom is -0.285 e. The summed E-state index contributed by atoms with van der Waals surface area (Å²) in [5.41, 5.74) is 0.598. The maximum absolute atomic E-state index is 9.96. The summed E-state index contributed by atoms with van der Waals surface area (Å²) in [6, 6.07) is 0. The molecule has 0 saturated carbocycles. The maximum atomic E-state index is 9.96. The number of hydrogen-bond acceptors (Lipinski definition) is 1. The summed E-state index contributed by atoms with van der Waals surface area (Å²) in [4.78, 5) is 9.96. The van der Waals surface area contributed by atoms with Crippen molar-refractivity contribution in [3.8, 4) is 0 Å². The van der Waals surface area contributed by atoms with Crippen LogP contribution in [0.5, 0.6) is 0 Å². The van der Waals surface area contributed by atoms with Crippen molar-refractivity contribution in [3.63, 3.8) is 0 Å². The third-order valence-corrected chi connectivity index (χ3v) is 1.40. The van der Waals surface area contributed by atoms with E-state index in [0.29, 0.717) is 5.57 Å². The van der Waals surface area contributed by atoms with E-state index in [-0.39, 0.29) is 0 Å². The molecule has 1 radical (unpaired) electrons. The van der Waals surface area contributed by atoms with Crippen LogP contribution in [0.3, 0.4) is 0 Å². The lowest BCUT2D eigenvalue weighted by atomic mass is 10.0. The molecule has 0 aliphatic carbocycles. The lowest BCUT2D eigenvalue weighted by Crippen LogP contribution is -1.88. The Kier molecular flexibility index (Phi) is 4.91. The van der Waals surface area contributed by atoms with Crippen LogP contribution in [-0.2, 0) is 4.79 Å². The van der Waals surface area contributed by atoms with Crippen molar-refractivity contribution < 1.29 is 4.79 Å². The summed E-state index contributed by atoms with van der Waals surface area (Å²) in [6.45, 7) is 7.89. The fourth-order valence-corrected chi connectivity index (χ4v) is 0.775. The number of rotatable bonds is 5. The molecule has 0 aliphatic rings. The molecule has 0 rings (SSSR count). The number of hydrogen-bond donors (Lipinski definition) is 0. The quantitative estimate of drug-likeness (QED) is 0.535. The van der Waals surface area contributed by atoms with Crippen LogP contribution in [0.1, 0.15) is 33.1 Å². The molecular formula is C9H15O. The van der Waals surface area contributed by atoms with E-state index < -0.39 is 0 Å². The van der Waals surface area contributed by atoms with Crippen LogP contribution in [0.25, 0.3) is 0 Å². The average molecular weight is 139 g/mol. The van der Waals surface area contributed by atoms with Gasteiger partial charge in [-0.1, -0.05) is 26.8 Å². The molecular weight excluding hydrogens is 124 g/mol. The summed E-state index contributed by atoms with van der Waals surface area (Å²) >= 11 is 0. The molecule has 0 amide bonds. The van der Waals surface area contributed by atoms with E-state index in [9.17, 15) is 4.79 Å². The molecule has 0 bridgehead atoms. The van der Waals surface area contributed by atoms with Gasteiger partial charge in [-0.25, -0.2) is 0 Å². The van der Waals surface area contributed by atoms with E-state index in [4.69, 9.17) is 0 Å². The number of carbonyl (C=O) groups excluding carboxylic acids is 1. The zero-order chi connectivity index (χ0) is 7.98. The summed E-state index contributed by atoms with van der Waals surface area (Å²) in [5, 5.41) is 0. The van der Waals surface area contributed by atoms with Gasteiger partial charge >= 0.3 is 0 Å². The predicted octanol–water partition coefficient (Wildman–Crippen LogP) is 2.48. The smallest absolute Gasteiger partial charge is 0.228 e. The van der Waals surface area contributed by atoms with Gasteiger partial charge in [-0.15, -0.1) is 0 Å². The normalized spacial score (nSPS) is 9.90. The van der Waals surface area contributed by atoms with Gasteiger partial charge in [0.25, 0.3) is 0 Å². The topological polar surface area (TPSA) is 17.1 Å². The van der Waals surface area contributed by atoms with Crippen molar-refractivity contribution >= 4 is 6.29 Å². The molecule has 1 nitrogen and oxygen atoms in total. The molecule has 57 valence electrons. The lowest BCUT2D eigenvalue weighted by Gasteiger charge is -2.01. The average Bonchev–Trinajstić information content (AvgIpc) is 1.87. The van der Waals surface area contributed by atoms with Gasteiger partial charge in [0, 0.05) is 0 Å². The second-order valence-electron chi connectivity index (χ2n) is 2.99. The van der Waals surface area contributed by atoms with E-state index in [2.05, 4.69) is 20.4 Å². The van der Waals surface area contributed by atoms with Gasteiger partial charge < -0.3 is 0 Å². The van der Waals surface area contributed by atoms with Crippen LogP contribution >= 0.6 is 0 Å². The Labute approximate surface area is 63.1 Å². The standard InChI is InChI=1S/C9H15O/c1-8(2)5-4-6-9(3)7-10/h8H,3-6H2,1-2H3. The van der Waals surface area contributed by atoms with Gasteiger partial charge in [-0.3, -0.25) is 4.79 Å². The molecule has 0 spiro atoms. The zero-order valence-corrected chi connectivity index (χ0v) is 6.81. The van der Waals surface area contributed by atoms with E-state index in [1.165, 1.54) is 6.42 Å². The molecule has 0 heterocycles. The van der Waals surface area contributed by atoms with Crippen LogP contribution in [0.2, 0.25) is 0 Å². The van der Waals surface area contributed by atoms with Crippen molar-refractivity contribution in [2.45, 2.75) is 33.1 Å². The Balaban J connectivity index is 3.19. The number of allylic oxidation sites excluding steroid dienone is 1. The molecule has 0 N–H and O–H groups in total. The highest BCUT2D eigenvalue weighted by Crippen LogP contribution is 2.08. The van der Waals surface area contributed by atoms with Gasteiger partial charge in [0.15, 0.2) is 0 Å². The fourth-order valence-electron chi connectivity index (χ4n) is 0.775. The van der Waals surface area contributed by atoms with E-state index in [0.717, 1.165) is 18.8 Å². The monoisotopic (exact) mass is 139 g/mol. The third-order valence-electron chi connectivity index (χ3n) is 1.40. The molecule has 0 atom stereocenters. The van der Waals surface area contributed by atoms with Crippen molar-refractivity contribution in [2.24, 2.45) is 5.92 Å². The minimum atomic E-state index is 0.598. The van der Waals surface area contributed by atoms with Gasteiger partial charge in [0.05, 0.1) is 0 Å². The Bertz CT molecular complexity index is 114. The van der Waals surface area contributed by atoms with Crippen LogP contribution in [0.4, 0.5) is 0 Å². The van der Waals surface area contributed by atoms with Gasteiger partial charge in [-0.05, 0) is 24.3 Å². The highest BCUT2D eigenvalue weighted by atomic mass is 16.1. The van der Waals surface area contributed by atoms with Crippen molar-refractivity contribution in [3.05, 3.63) is 12.2 Å². The molecule has 0 aromatic heterocycles. The van der Waals surface area contributed by atoms with E-state index in [1.54, 1.807) is 6.29 Å². The van der Waals surface area contributed by atoms with Crippen molar-refractivity contribution in [1.82, 2.24) is 0 Å². The van der Waals surface area contributed by atoms with Crippen LogP contribution in [0, 0.1) is 5.92 Å². The Morgan fingerprint density at radius 2 is 2.20 bits per heavy atom. The first kappa shape index (κ1) is 9.41. The molecule has 0 aromatic rings. The molecule has 0 unspecified atom stereocenters. The molecule has 0 saturated heterocycles. The second-order valence-corrected chi connectivity index (χ2v) is 2.99. The first-order chi connectivity index (χ1) is 4.66. The van der Waals surface area contributed by atoms with E-state index >= 15 is 0 Å². The second kappa shape index (κ2) is 5.21. The van der Waals surface area contributed by atoms with Crippen molar-refractivity contribution in [1.29, 1.82) is 0 Å². The first-order valence-corrected chi connectivity index (χ1v) is 3.72. The highest BCUT2D eigenvalue weighted by molar-refractivity contribution is 5.72. The fraction of sp³-hybridized carbons (Fsp3) is 0.667. The molecule has 10 heavy (non-hydrogen) atoms. The Hall–Kier alpha value is -0.590.